The lowest BCUT2D eigenvalue weighted by Crippen LogP contribution is -2.46. The Kier molecular flexibility index (Phi) is 8.75. The number of anilines is 1. The van der Waals surface area contributed by atoms with Crippen LogP contribution < -0.4 is 10.2 Å². The van der Waals surface area contributed by atoms with Gasteiger partial charge < -0.3 is 10.2 Å². The van der Waals surface area contributed by atoms with Crippen molar-refractivity contribution in [2.24, 2.45) is 0 Å². The fourth-order valence-electron chi connectivity index (χ4n) is 4.76. The SMILES string of the molecule is C[C@@H](NC(=O)CCCCCN1CCN(c2ccccc2-c2ccccc2)CC1)c1ccccc1. The molecule has 1 aliphatic heterocycles. The second kappa shape index (κ2) is 12.4. The molecule has 0 unspecified atom stereocenters. The summed E-state index contributed by atoms with van der Waals surface area (Å²) in [7, 11) is 0. The molecule has 0 radical (unpaired) electrons. The van der Waals surface area contributed by atoms with E-state index < -0.39 is 0 Å². The molecule has 1 aliphatic rings. The van der Waals surface area contributed by atoms with E-state index in [1.54, 1.807) is 0 Å². The van der Waals surface area contributed by atoms with Gasteiger partial charge in [0.25, 0.3) is 0 Å². The number of hydrogen-bond acceptors (Lipinski definition) is 3. The van der Waals surface area contributed by atoms with E-state index in [0.29, 0.717) is 6.42 Å². The summed E-state index contributed by atoms with van der Waals surface area (Å²) in [6.45, 7) is 7.48. The number of carbonyl (C=O) groups is 1. The number of nitrogens with zero attached hydrogens (tertiary/aromatic N) is 2. The van der Waals surface area contributed by atoms with Gasteiger partial charge in [-0.2, -0.15) is 0 Å². The third-order valence-electron chi connectivity index (χ3n) is 6.76. The van der Waals surface area contributed by atoms with Gasteiger partial charge in [0.15, 0.2) is 0 Å². The highest BCUT2D eigenvalue weighted by Gasteiger charge is 2.19. The van der Waals surface area contributed by atoms with E-state index in [0.717, 1.165) is 57.5 Å². The number of nitrogens with one attached hydrogen (secondary N) is 1. The third-order valence-corrected chi connectivity index (χ3v) is 6.76. The molecule has 0 bridgehead atoms. The number of unbranched alkanes of at least 4 members (excludes halogenated alkanes) is 2. The highest BCUT2D eigenvalue weighted by molar-refractivity contribution is 5.78. The molecular formula is C30H37N3O. The molecule has 0 aromatic heterocycles. The summed E-state index contributed by atoms with van der Waals surface area (Å²) in [5.41, 5.74) is 5.09. The summed E-state index contributed by atoms with van der Waals surface area (Å²) in [5, 5.41) is 3.12. The molecule has 4 nitrogen and oxygen atoms in total. The number of rotatable bonds is 10. The maximum Gasteiger partial charge on any atom is 0.220 e. The Bertz CT molecular complexity index is 1010. The lowest BCUT2D eigenvalue weighted by molar-refractivity contribution is -0.121. The molecule has 1 heterocycles. The third kappa shape index (κ3) is 6.71. The van der Waals surface area contributed by atoms with Gasteiger partial charge >= 0.3 is 0 Å². The minimum Gasteiger partial charge on any atom is -0.368 e. The van der Waals surface area contributed by atoms with E-state index in [4.69, 9.17) is 0 Å². The molecule has 4 heteroatoms. The first kappa shape index (κ1) is 24.0. The molecule has 3 aromatic rings. The summed E-state index contributed by atoms with van der Waals surface area (Å²) in [4.78, 5) is 17.4. The Morgan fingerprint density at radius 2 is 1.44 bits per heavy atom. The normalized spacial score (nSPS) is 15.1. The van der Waals surface area contributed by atoms with E-state index in [-0.39, 0.29) is 11.9 Å². The zero-order chi connectivity index (χ0) is 23.6. The Labute approximate surface area is 204 Å². The molecule has 0 spiro atoms. The van der Waals surface area contributed by atoms with Crippen molar-refractivity contribution in [3.8, 4) is 11.1 Å². The lowest BCUT2D eigenvalue weighted by Gasteiger charge is -2.37. The van der Waals surface area contributed by atoms with E-state index in [2.05, 4.69) is 81.8 Å². The van der Waals surface area contributed by atoms with Crippen molar-refractivity contribution in [3.63, 3.8) is 0 Å². The number of carbonyl (C=O) groups excluding carboxylic acids is 1. The van der Waals surface area contributed by atoms with Crippen molar-refractivity contribution < 1.29 is 4.79 Å². The minimum absolute atomic E-state index is 0.0667. The van der Waals surface area contributed by atoms with Gasteiger partial charge in [0.2, 0.25) is 5.91 Å². The van der Waals surface area contributed by atoms with Crippen molar-refractivity contribution in [2.45, 2.75) is 38.6 Å². The van der Waals surface area contributed by atoms with Gasteiger partial charge in [0.05, 0.1) is 6.04 Å². The first-order chi connectivity index (χ1) is 16.7. The van der Waals surface area contributed by atoms with E-state index in [1.807, 2.05) is 25.1 Å². The van der Waals surface area contributed by atoms with Crippen LogP contribution in [0.3, 0.4) is 0 Å². The molecule has 0 saturated carbocycles. The fraction of sp³-hybridized carbons (Fsp3) is 0.367. The number of amides is 1. The molecule has 3 aromatic carbocycles. The van der Waals surface area contributed by atoms with E-state index >= 15 is 0 Å². The maximum atomic E-state index is 12.3. The number of piperazine rings is 1. The Morgan fingerprint density at radius 3 is 2.18 bits per heavy atom. The van der Waals surface area contributed by atoms with Crippen LogP contribution in [0.4, 0.5) is 5.69 Å². The van der Waals surface area contributed by atoms with Crippen molar-refractivity contribution in [2.75, 3.05) is 37.6 Å². The van der Waals surface area contributed by atoms with Crippen LogP contribution in [0.5, 0.6) is 0 Å². The number of benzene rings is 3. The van der Waals surface area contributed by atoms with Gasteiger partial charge in [0, 0.05) is 43.9 Å². The van der Waals surface area contributed by atoms with Gasteiger partial charge in [-0.25, -0.2) is 0 Å². The summed E-state index contributed by atoms with van der Waals surface area (Å²) < 4.78 is 0. The molecule has 4 rings (SSSR count). The first-order valence-electron chi connectivity index (χ1n) is 12.7. The summed E-state index contributed by atoms with van der Waals surface area (Å²) >= 11 is 0. The van der Waals surface area contributed by atoms with Crippen molar-refractivity contribution in [1.29, 1.82) is 0 Å². The van der Waals surface area contributed by atoms with E-state index in [1.165, 1.54) is 16.8 Å². The molecule has 0 aliphatic carbocycles. The van der Waals surface area contributed by atoms with Gasteiger partial charge in [-0.15, -0.1) is 0 Å². The lowest BCUT2D eigenvalue weighted by atomic mass is 10.0. The maximum absolute atomic E-state index is 12.3. The largest absolute Gasteiger partial charge is 0.368 e. The molecule has 1 atom stereocenters. The fourth-order valence-corrected chi connectivity index (χ4v) is 4.76. The standard InChI is InChI=1S/C30H37N3O/c1-25(26-13-5-2-6-14-26)31-30(34)19-9-4-12-20-32-21-23-33(24-22-32)29-18-11-10-17-28(29)27-15-7-3-8-16-27/h2-3,5-8,10-11,13-18,25H,4,9,12,19-24H2,1H3,(H,31,34)/t25-/m1/s1. The molecule has 1 fully saturated rings. The van der Waals surface area contributed by atoms with Gasteiger partial charge in [-0.05, 0) is 43.5 Å². The summed E-state index contributed by atoms with van der Waals surface area (Å²) in [6.07, 6.45) is 3.82. The molecule has 178 valence electrons. The van der Waals surface area contributed by atoms with Gasteiger partial charge in [0.1, 0.15) is 0 Å². The van der Waals surface area contributed by atoms with Crippen molar-refractivity contribution >= 4 is 11.6 Å². The number of hydrogen-bond donors (Lipinski definition) is 1. The Balaban J connectivity index is 1.15. The molecule has 1 amide bonds. The smallest absolute Gasteiger partial charge is 0.220 e. The van der Waals surface area contributed by atoms with Gasteiger partial charge in [-0.3, -0.25) is 9.69 Å². The highest BCUT2D eigenvalue weighted by Crippen LogP contribution is 2.31. The van der Waals surface area contributed by atoms with Crippen LogP contribution in [0.2, 0.25) is 0 Å². The second-order valence-corrected chi connectivity index (χ2v) is 9.22. The Morgan fingerprint density at radius 1 is 0.794 bits per heavy atom. The zero-order valence-corrected chi connectivity index (χ0v) is 20.3. The first-order valence-corrected chi connectivity index (χ1v) is 12.7. The van der Waals surface area contributed by atoms with Crippen LogP contribution in [-0.4, -0.2) is 43.5 Å². The summed E-state index contributed by atoms with van der Waals surface area (Å²) in [5.74, 6) is 0.155. The van der Waals surface area contributed by atoms with E-state index in [9.17, 15) is 4.79 Å². The highest BCUT2D eigenvalue weighted by atomic mass is 16.1. The topological polar surface area (TPSA) is 35.6 Å². The van der Waals surface area contributed by atoms with Crippen LogP contribution in [0.15, 0.2) is 84.9 Å². The predicted molar refractivity (Wildman–Crippen MR) is 142 cm³/mol. The molecule has 34 heavy (non-hydrogen) atoms. The predicted octanol–water partition coefficient (Wildman–Crippen LogP) is 5.91. The van der Waals surface area contributed by atoms with Crippen molar-refractivity contribution in [3.05, 3.63) is 90.5 Å². The van der Waals surface area contributed by atoms with Crippen LogP contribution in [-0.2, 0) is 4.79 Å². The van der Waals surface area contributed by atoms with Crippen LogP contribution in [0.25, 0.3) is 11.1 Å². The summed E-state index contributed by atoms with van der Waals surface area (Å²) in [6, 6.07) is 29.6. The minimum atomic E-state index is 0.0667. The monoisotopic (exact) mass is 455 g/mol. The molecule has 1 N–H and O–H groups in total. The van der Waals surface area contributed by atoms with Crippen molar-refractivity contribution in [1.82, 2.24) is 10.2 Å². The quantitative estimate of drug-likeness (QED) is 0.386. The van der Waals surface area contributed by atoms with Crippen LogP contribution >= 0.6 is 0 Å². The number of para-hydroxylation sites is 1. The zero-order valence-electron chi connectivity index (χ0n) is 20.3. The van der Waals surface area contributed by atoms with Crippen LogP contribution in [0.1, 0.15) is 44.2 Å². The Hall–Kier alpha value is -3.11. The average Bonchev–Trinajstić information content (AvgIpc) is 2.90. The second-order valence-electron chi connectivity index (χ2n) is 9.22. The van der Waals surface area contributed by atoms with Crippen LogP contribution in [0, 0.1) is 0 Å². The average molecular weight is 456 g/mol. The molecular weight excluding hydrogens is 418 g/mol. The molecule has 1 saturated heterocycles. The van der Waals surface area contributed by atoms with Gasteiger partial charge in [-0.1, -0.05) is 85.3 Å².